The van der Waals surface area contributed by atoms with Gasteiger partial charge >= 0.3 is 0 Å². The Morgan fingerprint density at radius 2 is 2.04 bits per heavy atom. The van der Waals surface area contributed by atoms with Crippen LogP contribution in [-0.2, 0) is 6.54 Å². The van der Waals surface area contributed by atoms with Gasteiger partial charge in [0, 0.05) is 60.9 Å². The molecule has 1 aliphatic heterocycles. The number of hydrogen-bond acceptors (Lipinski definition) is 6. The second-order valence-corrected chi connectivity index (χ2v) is 6.42. The van der Waals surface area contributed by atoms with E-state index in [1.54, 1.807) is 23.7 Å². The molecule has 0 saturated carbocycles. The normalized spacial score (nSPS) is 15.8. The average Bonchev–Trinajstić information content (AvgIpc) is 2.90. The van der Waals surface area contributed by atoms with Gasteiger partial charge in [0.25, 0.3) is 0 Å². The van der Waals surface area contributed by atoms with Crippen LogP contribution in [0.15, 0.2) is 29.9 Å². The van der Waals surface area contributed by atoms with Crippen LogP contribution < -0.4 is 4.90 Å². The Bertz CT molecular complexity index is 677. The zero-order valence-corrected chi connectivity index (χ0v) is 13.8. The number of aliphatic hydroxyl groups excluding tert-OH is 1. The summed E-state index contributed by atoms with van der Waals surface area (Å²) in [6, 6.07) is 3.97. The van der Waals surface area contributed by atoms with E-state index in [4.69, 9.17) is 5.11 Å². The maximum Gasteiger partial charge on any atom is 0.225 e. The van der Waals surface area contributed by atoms with Crippen molar-refractivity contribution in [2.24, 2.45) is 0 Å². The molecule has 1 fully saturated rings. The molecule has 3 rings (SSSR count). The molecule has 0 amide bonds. The summed E-state index contributed by atoms with van der Waals surface area (Å²) in [7, 11) is 0. The van der Waals surface area contributed by atoms with Crippen molar-refractivity contribution in [3.05, 3.63) is 40.3 Å². The Morgan fingerprint density at radius 3 is 2.87 bits per heavy atom. The summed E-state index contributed by atoms with van der Waals surface area (Å²) in [6.45, 7) is 4.90. The third kappa shape index (κ3) is 4.52. The molecule has 0 aromatic carbocycles. The van der Waals surface area contributed by atoms with Gasteiger partial charge in [0.1, 0.15) is 6.61 Å². The molecule has 120 valence electrons. The molecule has 0 unspecified atom stereocenters. The van der Waals surface area contributed by atoms with E-state index < -0.39 is 0 Å². The highest BCUT2D eigenvalue weighted by Gasteiger charge is 2.17. The van der Waals surface area contributed by atoms with Gasteiger partial charge in [-0.25, -0.2) is 9.97 Å². The standard InChI is InChI=1S/C17H20N4OS/c22-11-1-4-15-12-16(23-14-15)13-20-7-3-8-21(10-9-20)17-18-5-2-6-19-17/h2,5-6,12,14,22H,3,7-11,13H2. The van der Waals surface area contributed by atoms with Crippen molar-refractivity contribution in [3.63, 3.8) is 0 Å². The molecule has 23 heavy (non-hydrogen) atoms. The van der Waals surface area contributed by atoms with Gasteiger partial charge in [-0.3, -0.25) is 4.90 Å². The zero-order valence-electron chi connectivity index (χ0n) is 13.0. The quantitative estimate of drug-likeness (QED) is 0.867. The fraction of sp³-hybridized carbons (Fsp3) is 0.412. The van der Waals surface area contributed by atoms with Crippen LogP contribution in [0.4, 0.5) is 5.95 Å². The molecule has 0 bridgehead atoms. The largest absolute Gasteiger partial charge is 0.384 e. The van der Waals surface area contributed by atoms with Gasteiger partial charge in [-0.1, -0.05) is 11.8 Å². The van der Waals surface area contributed by atoms with E-state index in [2.05, 4.69) is 43.1 Å². The van der Waals surface area contributed by atoms with Gasteiger partial charge in [-0.15, -0.1) is 11.3 Å². The molecule has 5 nitrogen and oxygen atoms in total. The van der Waals surface area contributed by atoms with Crippen molar-refractivity contribution in [2.45, 2.75) is 13.0 Å². The predicted octanol–water partition coefficient (Wildman–Crippen LogP) is 1.59. The molecule has 1 aliphatic rings. The van der Waals surface area contributed by atoms with Crippen LogP contribution in [0.25, 0.3) is 0 Å². The molecule has 2 aromatic heterocycles. The first-order chi connectivity index (χ1) is 11.3. The fourth-order valence-electron chi connectivity index (χ4n) is 2.67. The van der Waals surface area contributed by atoms with Crippen molar-refractivity contribution in [1.82, 2.24) is 14.9 Å². The molecule has 6 heteroatoms. The predicted molar refractivity (Wildman–Crippen MR) is 92.4 cm³/mol. The summed E-state index contributed by atoms with van der Waals surface area (Å²) >= 11 is 1.73. The Kier molecular flexibility index (Phi) is 5.59. The zero-order chi connectivity index (χ0) is 15.9. The highest BCUT2D eigenvalue weighted by Crippen LogP contribution is 2.18. The topological polar surface area (TPSA) is 52.5 Å². The van der Waals surface area contributed by atoms with E-state index in [1.807, 2.05) is 6.07 Å². The minimum atomic E-state index is -0.0886. The first-order valence-corrected chi connectivity index (χ1v) is 8.64. The molecule has 3 heterocycles. The minimum absolute atomic E-state index is 0.0886. The van der Waals surface area contributed by atoms with E-state index >= 15 is 0 Å². The summed E-state index contributed by atoms with van der Waals surface area (Å²) in [6.07, 6.45) is 4.71. The summed E-state index contributed by atoms with van der Waals surface area (Å²) in [5, 5.41) is 10.8. The first kappa shape index (κ1) is 15.9. The SMILES string of the molecule is OCC#Cc1csc(CN2CCCN(c3ncccn3)CC2)c1. The molecular weight excluding hydrogens is 308 g/mol. The third-order valence-corrected chi connectivity index (χ3v) is 4.69. The van der Waals surface area contributed by atoms with Crippen LogP contribution in [0, 0.1) is 11.8 Å². The number of aliphatic hydroxyl groups is 1. The highest BCUT2D eigenvalue weighted by molar-refractivity contribution is 7.10. The van der Waals surface area contributed by atoms with Crippen LogP contribution in [0.1, 0.15) is 16.9 Å². The van der Waals surface area contributed by atoms with Gasteiger partial charge in [-0.05, 0) is 18.6 Å². The molecule has 0 radical (unpaired) electrons. The summed E-state index contributed by atoms with van der Waals surface area (Å²) in [4.78, 5) is 14.7. The Morgan fingerprint density at radius 1 is 1.17 bits per heavy atom. The van der Waals surface area contributed by atoms with Gasteiger partial charge < -0.3 is 10.0 Å². The maximum absolute atomic E-state index is 8.75. The lowest BCUT2D eigenvalue weighted by Crippen LogP contribution is -2.31. The molecule has 0 atom stereocenters. The number of hydrogen-bond donors (Lipinski definition) is 1. The summed E-state index contributed by atoms with van der Waals surface area (Å²) in [5.74, 6) is 6.48. The highest BCUT2D eigenvalue weighted by atomic mass is 32.1. The number of thiophene rings is 1. The van der Waals surface area contributed by atoms with E-state index in [9.17, 15) is 0 Å². The van der Waals surface area contributed by atoms with Crippen molar-refractivity contribution in [1.29, 1.82) is 0 Å². The van der Waals surface area contributed by atoms with Gasteiger partial charge in [-0.2, -0.15) is 0 Å². The lowest BCUT2D eigenvalue weighted by Gasteiger charge is -2.21. The van der Waals surface area contributed by atoms with E-state index in [1.165, 1.54) is 4.88 Å². The molecule has 0 aliphatic carbocycles. The molecule has 1 N–H and O–H groups in total. The van der Waals surface area contributed by atoms with Crippen LogP contribution in [0.2, 0.25) is 0 Å². The Labute approximate surface area is 140 Å². The lowest BCUT2D eigenvalue weighted by molar-refractivity contribution is 0.288. The van der Waals surface area contributed by atoms with Crippen LogP contribution in [-0.4, -0.2) is 52.8 Å². The first-order valence-electron chi connectivity index (χ1n) is 7.76. The second kappa shape index (κ2) is 8.06. The third-order valence-electron chi connectivity index (χ3n) is 3.77. The van der Waals surface area contributed by atoms with Gasteiger partial charge in [0.2, 0.25) is 5.95 Å². The molecular formula is C17H20N4OS. The molecule has 1 saturated heterocycles. The van der Waals surface area contributed by atoms with Crippen molar-refractivity contribution in [3.8, 4) is 11.8 Å². The van der Waals surface area contributed by atoms with E-state index in [0.717, 1.165) is 50.7 Å². The second-order valence-electron chi connectivity index (χ2n) is 5.43. The van der Waals surface area contributed by atoms with E-state index in [0.29, 0.717) is 0 Å². The summed E-state index contributed by atoms with van der Waals surface area (Å²) < 4.78 is 0. The molecule has 2 aromatic rings. The van der Waals surface area contributed by atoms with Crippen molar-refractivity contribution >= 4 is 17.3 Å². The number of aromatic nitrogens is 2. The average molecular weight is 328 g/mol. The Hall–Kier alpha value is -1.94. The number of nitrogens with zero attached hydrogens (tertiary/aromatic N) is 4. The molecule has 0 spiro atoms. The van der Waals surface area contributed by atoms with Crippen molar-refractivity contribution < 1.29 is 5.11 Å². The minimum Gasteiger partial charge on any atom is -0.384 e. The maximum atomic E-state index is 8.75. The Balaban J connectivity index is 1.57. The lowest BCUT2D eigenvalue weighted by atomic mass is 10.3. The van der Waals surface area contributed by atoms with E-state index in [-0.39, 0.29) is 6.61 Å². The smallest absolute Gasteiger partial charge is 0.225 e. The monoisotopic (exact) mass is 328 g/mol. The fourth-order valence-corrected chi connectivity index (χ4v) is 3.53. The van der Waals surface area contributed by atoms with Gasteiger partial charge in [0.05, 0.1) is 0 Å². The van der Waals surface area contributed by atoms with Crippen LogP contribution in [0.3, 0.4) is 0 Å². The van der Waals surface area contributed by atoms with Crippen LogP contribution in [0.5, 0.6) is 0 Å². The van der Waals surface area contributed by atoms with Crippen LogP contribution >= 0.6 is 11.3 Å². The van der Waals surface area contributed by atoms with Crippen molar-refractivity contribution in [2.75, 3.05) is 37.7 Å². The number of anilines is 1. The summed E-state index contributed by atoms with van der Waals surface area (Å²) in [5.41, 5.74) is 0.994. The van der Waals surface area contributed by atoms with Gasteiger partial charge in [0.15, 0.2) is 0 Å². The number of rotatable bonds is 3.